The first kappa shape index (κ1) is 13.9. The Morgan fingerprint density at radius 1 is 1.63 bits per heavy atom. The Bertz CT molecular complexity index is 419. The molecule has 0 spiro atoms. The molecule has 106 valence electrons. The SMILES string of the molecule is Cc1cc(NC(=O)NCCN2CCC[C@H](C)C2)no1. The van der Waals surface area contributed by atoms with Gasteiger partial charge in [0.05, 0.1) is 0 Å². The third-order valence-electron chi connectivity index (χ3n) is 3.32. The largest absolute Gasteiger partial charge is 0.360 e. The van der Waals surface area contributed by atoms with Gasteiger partial charge in [-0.1, -0.05) is 12.1 Å². The number of nitrogens with one attached hydrogen (secondary N) is 2. The first-order chi connectivity index (χ1) is 9.13. The molecule has 0 unspecified atom stereocenters. The van der Waals surface area contributed by atoms with Crippen LogP contribution in [0.4, 0.5) is 10.6 Å². The lowest BCUT2D eigenvalue weighted by Gasteiger charge is -2.30. The van der Waals surface area contributed by atoms with Crippen LogP contribution in [0.25, 0.3) is 0 Å². The number of likely N-dealkylation sites (tertiary alicyclic amines) is 1. The number of nitrogens with zero attached hydrogens (tertiary/aromatic N) is 2. The zero-order valence-corrected chi connectivity index (χ0v) is 11.6. The highest BCUT2D eigenvalue weighted by Gasteiger charge is 2.15. The predicted molar refractivity (Wildman–Crippen MR) is 73.1 cm³/mol. The number of aryl methyl sites for hydroxylation is 1. The standard InChI is InChI=1S/C13H22N4O2/c1-10-4-3-6-17(9-10)7-5-14-13(18)15-12-8-11(2)19-16-12/h8,10H,3-7,9H2,1-2H3,(H2,14,15,16,18)/t10-/m0/s1. The molecule has 2 rings (SSSR count). The summed E-state index contributed by atoms with van der Waals surface area (Å²) in [4.78, 5) is 14.0. The van der Waals surface area contributed by atoms with E-state index in [-0.39, 0.29) is 6.03 Å². The van der Waals surface area contributed by atoms with Gasteiger partial charge in [0.1, 0.15) is 5.76 Å². The number of carbonyl (C=O) groups excluding carboxylic acids is 1. The average Bonchev–Trinajstić information content (AvgIpc) is 2.75. The van der Waals surface area contributed by atoms with E-state index in [4.69, 9.17) is 4.52 Å². The second kappa shape index (κ2) is 6.56. The van der Waals surface area contributed by atoms with E-state index in [1.54, 1.807) is 13.0 Å². The van der Waals surface area contributed by atoms with Gasteiger partial charge < -0.3 is 14.7 Å². The number of rotatable bonds is 4. The zero-order valence-electron chi connectivity index (χ0n) is 11.6. The molecule has 6 heteroatoms. The van der Waals surface area contributed by atoms with Crippen LogP contribution in [0.2, 0.25) is 0 Å². The molecule has 19 heavy (non-hydrogen) atoms. The number of piperidine rings is 1. The Morgan fingerprint density at radius 2 is 2.47 bits per heavy atom. The summed E-state index contributed by atoms with van der Waals surface area (Å²) in [6, 6.07) is 1.45. The summed E-state index contributed by atoms with van der Waals surface area (Å²) in [5, 5.41) is 9.17. The molecule has 2 heterocycles. The molecule has 0 saturated carbocycles. The van der Waals surface area contributed by atoms with Gasteiger partial charge in [-0.25, -0.2) is 4.79 Å². The molecular formula is C13H22N4O2. The fourth-order valence-corrected chi connectivity index (χ4v) is 2.40. The van der Waals surface area contributed by atoms with Crippen molar-refractivity contribution >= 4 is 11.8 Å². The molecule has 1 fully saturated rings. The molecule has 1 aromatic heterocycles. The van der Waals surface area contributed by atoms with Gasteiger partial charge in [-0.05, 0) is 32.2 Å². The predicted octanol–water partition coefficient (Wildman–Crippen LogP) is 1.84. The molecule has 0 bridgehead atoms. The molecule has 1 atom stereocenters. The number of hydrogen-bond acceptors (Lipinski definition) is 4. The maximum atomic E-state index is 11.6. The average molecular weight is 266 g/mol. The number of anilines is 1. The minimum absolute atomic E-state index is 0.238. The Kier molecular flexibility index (Phi) is 4.79. The molecule has 1 saturated heterocycles. The molecular weight excluding hydrogens is 244 g/mol. The molecule has 1 aliphatic heterocycles. The summed E-state index contributed by atoms with van der Waals surface area (Å²) in [6.07, 6.45) is 2.57. The van der Waals surface area contributed by atoms with Crippen LogP contribution in [0.15, 0.2) is 10.6 Å². The number of amides is 2. The highest BCUT2D eigenvalue weighted by molar-refractivity contribution is 5.88. The molecule has 1 aromatic rings. The summed E-state index contributed by atoms with van der Waals surface area (Å²) < 4.78 is 4.88. The molecule has 0 radical (unpaired) electrons. The first-order valence-corrected chi connectivity index (χ1v) is 6.84. The van der Waals surface area contributed by atoms with Crippen molar-refractivity contribution in [3.8, 4) is 0 Å². The Hall–Kier alpha value is -1.56. The van der Waals surface area contributed by atoms with Gasteiger partial charge in [0.15, 0.2) is 5.82 Å². The van der Waals surface area contributed by atoms with Crippen molar-refractivity contribution in [2.45, 2.75) is 26.7 Å². The molecule has 1 aliphatic rings. The molecule has 2 N–H and O–H groups in total. The number of hydrogen-bond donors (Lipinski definition) is 2. The monoisotopic (exact) mass is 266 g/mol. The molecule has 0 aromatic carbocycles. The van der Waals surface area contributed by atoms with Crippen LogP contribution >= 0.6 is 0 Å². The van der Waals surface area contributed by atoms with E-state index < -0.39 is 0 Å². The van der Waals surface area contributed by atoms with E-state index >= 15 is 0 Å². The third kappa shape index (κ3) is 4.55. The molecule has 6 nitrogen and oxygen atoms in total. The van der Waals surface area contributed by atoms with Crippen LogP contribution in [0.3, 0.4) is 0 Å². The second-order valence-electron chi connectivity index (χ2n) is 5.25. The van der Waals surface area contributed by atoms with Crippen molar-refractivity contribution in [2.75, 3.05) is 31.5 Å². The van der Waals surface area contributed by atoms with E-state index in [0.717, 1.165) is 25.6 Å². The highest BCUT2D eigenvalue weighted by Crippen LogP contribution is 2.14. The molecule has 2 amide bonds. The van der Waals surface area contributed by atoms with Crippen LogP contribution in [-0.4, -0.2) is 42.3 Å². The maximum Gasteiger partial charge on any atom is 0.320 e. The van der Waals surface area contributed by atoms with E-state index in [9.17, 15) is 4.79 Å². The van der Waals surface area contributed by atoms with Gasteiger partial charge in [0, 0.05) is 25.7 Å². The van der Waals surface area contributed by atoms with E-state index in [1.807, 2.05) is 0 Å². The van der Waals surface area contributed by atoms with Crippen molar-refractivity contribution in [3.05, 3.63) is 11.8 Å². The lowest BCUT2D eigenvalue weighted by molar-refractivity contribution is 0.184. The second-order valence-corrected chi connectivity index (χ2v) is 5.25. The van der Waals surface area contributed by atoms with Gasteiger partial charge in [-0.3, -0.25) is 5.32 Å². The molecule has 0 aliphatic carbocycles. The van der Waals surface area contributed by atoms with E-state index in [1.165, 1.54) is 12.8 Å². The van der Waals surface area contributed by atoms with Crippen molar-refractivity contribution in [3.63, 3.8) is 0 Å². The summed E-state index contributed by atoms with van der Waals surface area (Å²) in [5.74, 6) is 1.89. The lowest BCUT2D eigenvalue weighted by atomic mass is 10.0. The van der Waals surface area contributed by atoms with Gasteiger partial charge in [0.25, 0.3) is 0 Å². The lowest BCUT2D eigenvalue weighted by Crippen LogP contribution is -2.41. The smallest absolute Gasteiger partial charge is 0.320 e. The van der Waals surface area contributed by atoms with Crippen LogP contribution in [0.1, 0.15) is 25.5 Å². The fraction of sp³-hybridized carbons (Fsp3) is 0.692. The minimum atomic E-state index is -0.238. The van der Waals surface area contributed by atoms with Crippen molar-refractivity contribution in [2.24, 2.45) is 5.92 Å². The quantitative estimate of drug-likeness (QED) is 0.872. The van der Waals surface area contributed by atoms with Gasteiger partial charge >= 0.3 is 6.03 Å². The minimum Gasteiger partial charge on any atom is -0.360 e. The summed E-state index contributed by atoms with van der Waals surface area (Å²) in [6.45, 7) is 7.87. The summed E-state index contributed by atoms with van der Waals surface area (Å²) >= 11 is 0. The Labute approximate surface area is 113 Å². The Morgan fingerprint density at radius 3 is 3.16 bits per heavy atom. The van der Waals surface area contributed by atoms with Crippen molar-refractivity contribution < 1.29 is 9.32 Å². The first-order valence-electron chi connectivity index (χ1n) is 6.84. The van der Waals surface area contributed by atoms with Gasteiger partial charge in [-0.15, -0.1) is 0 Å². The van der Waals surface area contributed by atoms with Gasteiger partial charge in [0.2, 0.25) is 0 Å². The fourth-order valence-electron chi connectivity index (χ4n) is 2.40. The normalized spacial score (nSPS) is 20.2. The van der Waals surface area contributed by atoms with E-state index in [2.05, 4.69) is 27.6 Å². The zero-order chi connectivity index (χ0) is 13.7. The van der Waals surface area contributed by atoms with Crippen molar-refractivity contribution in [1.29, 1.82) is 0 Å². The van der Waals surface area contributed by atoms with Crippen LogP contribution in [-0.2, 0) is 0 Å². The highest BCUT2D eigenvalue weighted by atomic mass is 16.5. The number of carbonyl (C=O) groups is 1. The Balaban J connectivity index is 1.63. The van der Waals surface area contributed by atoms with Crippen LogP contribution in [0.5, 0.6) is 0 Å². The van der Waals surface area contributed by atoms with Gasteiger partial charge in [-0.2, -0.15) is 0 Å². The van der Waals surface area contributed by atoms with E-state index in [0.29, 0.717) is 18.1 Å². The van der Waals surface area contributed by atoms with Crippen LogP contribution in [0, 0.1) is 12.8 Å². The topological polar surface area (TPSA) is 70.4 Å². The maximum absolute atomic E-state index is 11.6. The summed E-state index contributed by atoms with van der Waals surface area (Å²) in [7, 11) is 0. The number of aromatic nitrogens is 1. The summed E-state index contributed by atoms with van der Waals surface area (Å²) in [5.41, 5.74) is 0. The third-order valence-corrected chi connectivity index (χ3v) is 3.32. The number of urea groups is 1. The van der Waals surface area contributed by atoms with Crippen LogP contribution < -0.4 is 10.6 Å². The van der Waals surface area contributed by atoms with Crippen molar-refractivity contribution in [1.82, 2.24) is 15.4 Å².